The van der Waals surface area contributed by atoms with E-state index in [4.69, 9.17) is 14.2 Å². The molecule has 28 heavy (non-hydrogen) atoms. The van der Waals surface area contributed by atoms with Crippen LogP contribution in [0, 0.1) is 20.8 Å². The maximum absolute atomic E-state index is 11.9. The SMILES string of the molecule is COc1cc2c(c(OC)c1OC)-c1cc(C)c(C)c(C)c1C(NC(C)=O)CC2. The Balaban J connectivity index is 2.41. The molecule has 0 heterocycles. The molecule has 0 saturated carbocycles. The molecule has 2 aromatic rings. The lowest BCUT2D eigenvalue weighted by Crippen LogP contribution is -2.27. The zero-order chi connectivity index (χ0) is 20.6. The van der Waals surface area contributed by atoms with Crippen molar-refractivity contribution in [3.8, 4) is 28.4 Å². The molecule has 2 aromatic carbocycles. The summed E-state index contributed by atoms with van der Waals surface area (Å²) in [7, 11) is 4.91. The fraction of sp³-hybridized carbons (Fsp3) is 0.435. The molecular formula is C23H29NO4. The molecule has 5 heteroatoms. The van der Waals surface area contributed by atoms with Gasteiger partial charge in [0.05, 0.1) is 27.4 Å². The van der Waals surface area contributed by atoms with Gasteiger partial charge in [-0.3, -0.25) is 4.79 Å². The molecule has 1 atom stereocenters. The van der Waals surface area contributed by atoms with Crippen molar-refractivity contribution >= 4 is 5.91 Å². The molecule has 0 radical (unpaired) electrons. The van der Waals surface area contributed by atoms with Gasteiger partial charge in [-0.1, -0.05) is 6.07 Å². The number of rotatable bonds is 4. The van der Waals surface area contributed by atoms with E-state index in [-0.39, 0.29) is 11.9 Å². The van der Waals surface area contributed by atoms with Crippen molar-refractivity contribution in [3.63, 3.8) is 0 Å². The molecule has 0 fully saturated rings. The van der Waals surface area contributed by atoms with Crippen molar-refractivity contribution in [1.82, 2.24) is 5.32 Å². The molecule has 1 aliphatic carbocycles. The van der Waals surface area contributed by atoms with Crippen LogP contribution in [0.15, 0.2) is 12.1 Å². The molecule has 0 saturated heterocycles. The number of aryl methyl sites for hydroxylation is 2. The smallest absolute Gasteiger partial charge is 0.217 e. The number of carbonyl (C=O) groups is 1. The van der Waals surface area contributed by atoms with Crippen molar-refractivity contribution in [3.05, 3.63) is 39.9 Å². The lowest BCUT2D eigenvalue weighted by molar-refractivity contribution is -0.119. The van der Waals surface area contributed by atoms with Gasteiger partial charge in [0.1, 0.15) is 0 Å². The highest BCUT2D eigenvalue weighted by Crippen LogP contribution is 2.51. The van der Waals surface area contributed by atoms with Gasteiger partial charge in [-0.25, -0.2) is 0 Å². The zero-order valence-corrected chi connectivity index (χ0v) is 17.8. The number of hydrogen-bond donors (Lipinski definition) is 1. The summed E-state index contributed by atoms with van der Waals surface area (Å²) in [5, 5.41) is 3.15. The first-order valence-corrected chi connectivity index (χ1v) is 9.54. The van der Waals surface area contributed by atoms with Crippen LogP contribution in [0.4, 0.5) is 0 Å². The molecule has 0 aliphatic heterocycles. The summed E-state index contributed by atoms with van der Waals surface area (Å²) < 4.78 is 17.0. The molecule has 150 valence electrons. The number of amides is 1. The minimum Gasteiger partial charge on any atom is -0.493 e. The summed E-state index contributed by atoms with van der Waals surface area (Å²) in [4.78, 5) is 11.9. The van der Waals surface area contributed by atoms with E-state index in [2.05, 4.69) is 32.2 Å². The van der Waals surface area contributed by atoms with E-state index >= 15 is 0 Å². The van der Waals surface area contributed by atoms with Crippen molar-refractivity contribution in [2.45, 2.75) is 46.6 Å². The number of carbonyl (C=O) groups excluding carboxylic acids is 1. The van der Waals surface area contributed by atoms with Gasteiger partial charge in [-0.05, 0) is 73.1 Å². The topological polar surface area (TPSA) is 56.8 Å². The van der Waals surface area contributed by atoms with Crippen LogP contribution < -0.4 is 19.5 Å². The molecule has 1 N–H and O–H groups in total. The van der Waals surface area contributed by atoms with E-state index < -0.39 is 0 Å². The van der Waals surface area contributed by atoms with Gasteiger partial charge < -0.3 is 19.5 Å². The molecule has 0 aromatic heterocycles. The summed E-state index contributed by atoms with van der Waals surface area (Å²) in [6, 6.07) is 4.17. The number of benzene rings is 2. The third-order valence-electron chi connectivity index (χ3n) is 5.82. The summed E-state index contributed by atoms with van der Waals surface area (Å²) in [5.74, 6) is 1.88. The Morgan fingerprint density at radius 3 is 2.25 bits per heavy atom. The van der Waals surface area contributed by atoms with E-state index in [1.807, 2.05) is 6.07 Å². The number of nitrogens with one attached hydrogen (secondary N) is 1. The highest BCUT2D eigenvalue weighted by Gasteiger charge is 2.31. The van der Waals surface area contributed by atoms with Crippen LogP contribution in [0.5, 0.6) is 17.2 Å². The summed E-state index contributed by atoms with van der Waals surface area (Å²) in [5.41, 5.74) is 8.06. The van der Waals surface area contributed by atoms with Crippen LogP contribution in [0.3, 0.4) is 0 Å². The third-order valence-corrected chi connectivity index (χ3v) is 5.82. The Labute approximate surface area is 167 Å². The lowest BCUT2D eigenvalue weighted by Gasteiger charge is -2.24. The van der Waals surface area contributed by atoms with Crippen LogP contribution in [0.1, 0.15) is 47.2 Å². The molecule has 0 spiro atoms. The van der Waals surface area contributed by atoms with Gasteiger partial charge in [0.2, 0.25) is 11.7 Å². The normalized spacial score (nSPS) is 15.2. The summed E-state index contributed by atoms with van der Waals surface area (Å²) >= 11 is 0. The molecule has 5 nitrogen and oxygen atoms in total. The third kappa shape index (κ3) is 3.19. The molecule has 1 amide bonds. The van der Waals surface area contributed by atoms with E-state index in [0.29, 0.717) is 17.2 Å². The lowest BCUT2D eigenvalue weighted by atomic mass is 9.86. The van der Waals surface area contributed by atoms with Crippen LogP contribution in [-0.4, -0.2) is 27.2 Å². The van der Waals surface area contributed by atoms with Gasteiger partial charge >= 0.3 is 0 Å². The number of hydrogen-bond acceptors (Lipinski definition) is 4. The second-order valence-corrected chi connectivity index (χ2v) is 7.38. The maximum atomic E-state index is 11.9. The van der Waals surface area contributed by atoms with Crippen molar-refractivity contribution in [2.24, 2.45) is 0 Å². The Morgan fingerprint density at radius 1 is 1.00 bits per heavy atom. The van der Waals surface area contributed by atoms with E-state index in [0.717, 1.165) is 35.1 Å². The standard InChI is InChI=1S/C23H29NO4/c1-12-10-17-20(14(3)13(12)2)18(24-15(4)25)9-8-16-11-19(26-5)22(27-6)23(28-7)21(16)17/h10-11,18H,8-9H2,1-7H3,(H,24,25). The summed E-state index contributed by atoms with van der Waals surface area (Å²) in [6.45, 7) is 7.95. The maximum Gasteiger partial charge on any atom is 0.217 e. The Bertz CT molecular complexity index is 933. The van der Waals surface area contributed by atoms with Crippen LogP contribution in [0.25, 0.3) is 11.1 Å². The first kappa shape index (κ1) is 20.1. The van der Waals surface area contributed by atoms with Crippen molar-refractivity contribution in [1.29, 1.82) is 0 Å². The van der Waals surface area contributed by atoms with Gasteiger partial charge in [0.15, 0.2) is 11.5 Å². The fourth-order valence-corrected chi connectivity index (χ4v) is 4.29. The van der Waals surface area contributed by atoms with Crippen LogP contribution in [-0.2, 0) is 11.2 Å². The molecular weight excluding hydrogens is 354 g/mol. The van der Waals surface area contributed by atoms with Gasteiger partial charge in [-0.2, -0.15) is 0 Å². The molecule has 1 unspecified atom stereocenters. The first-order chi connectivity index (χ1) is 13.3. The quantitative estimate of drug-likeness (QED) is 0.849. The minimum atomic E-state index is -0.0547. The van der Waals surface area contributed by atoms with E-state index in [1.165, 1.54) is 16.7 Å². The van der Waals surface area contributed by atoms with Crippen molar-refractivity contribution < 1.29 is 19.0 Å². The average Bonchev–Trinajstić information content (AvgIpc) is 2.81. The fourth-order valence-electron chi connectivity index (χ4n) is 4.29. The van der Waals surface area contributed by atoms with Gasteiger partial charge in [-0.15, -0.1) is 0 Å². The Kier molecular flexibility index (Phi) is 5.54. The minimum absolute atomic E-state index is 0.0262. The average molecular weight is 383 g/mol. The number of methoxy groups -OCH3 is 3. The van der Waals surface area contributed by atoms with E-state index in [1.54, 1.807) is 28.3 Å². The largest absolute Gasteiger partial charge is 0.493 e. The molecule has 3 rings (SSSR count). The predicted octanol–water partition coefficient (Wildman–Crippen LogP) is 4.43. The molecule has 0 bridgehead atoms. The first-order valence-electron chi connectivity index (χ1n) is 9.54. The van der Waals surface area contributed by atoms with Crippen molar-refractivity contribution in [2.75, 3.05) is 21.3 Å². The number of ether oxygens (including phenoxy) is 3. The second-order valence-electron chi connectivity index (χ2n) is 7.38. The van der Waals surface area contributed by atoms with Gasteiger partial charge in [0.25, 0.3) is 0 Å². The Hall–Kier alpha value is -2.69. The monoisotopic (exact) mass is 383 g/mol. The van der Waals surface area contributed by atoms with Crippen LogP contribution >= 0.6 is 0 Å². The predicted molar refractivity (Wildman–Crippen MR) is 111 cm³/mol. The molecule has 1 aliphatic rings. The van der Waals surface area contributed by atoms with Gasteiger partial charge in [0, 0.05) is 12.5 Å². The highest BCUT2D eigenvalue weighted by molar-refractivity contribution is 5.85. The highest BCUT2D eigenvalue weighted by atomic mass is 16.5. The number of fused-ring (bicyclic) bond motifs is 3. The van der Waals surface area contributed by atoms with E-state index in [9.17, 15) is 4.79 Å². The summed E-state index contributed by atoms with van der Waals surface area (Å²) in [6.07, 6.45) is 1.60. The second kappa shape index (κ2) is 7.74. The van der Waals surface area contributed by atoms with Crippen LogP contribution in [0.2, 0.25) is 0 Å². The Morgan fingerprint density at radius 2 is 1.68 bits per heavy atom. The zero-order valence-electron chi connectivity index (χ0n) is 17.8.